The predicted molar refractivity (Wildman–Crippen MR) is 57.7 cm³/mol. The fraction of sp³-hybridized carbons (Fsp3) is 0.583. The molecule has 18 heavy (non-hydrogen) atoms. The van der Waals surface area contributed by atoms with Gasteiger partial charge in [-0.2, -0.15) is 5.26 Å². The molecule has 1 aromatic rings. The second-order valence-corrected chi connectivity index (χ2v) is 4.66. The molecular formula is C12H12F3N3. The molecule has 0 saturated heterocycles. The van der Waals surface area contributed by atoms with Crippen LogP contribution in [0.3, 0.4) is 0 Å². The first-order chi connectivity index (χ1) is 8.33. The molecule has 0 aliphatic heterocycles. The molecular weight excluding hydrogens is 243 g/mol. The van der Waals surface area contributed by atoms with E-state index >= 15 is 0 Å². The highest BCUT2D eigenvalue weighted by Gasteiger charge is 2.80. The molecule has 3 unspecified atom stereocenters. The van der Waals surface area contributed by atoms with Gasteiger partial charge in [0.25, 0.3) is 5.92 Å². The van der Waals surface area contributed by atoms with Crippen molar-refractivity contribution < 1.29 is 13.2 Å². The van der Waals surface area contributed by atoms with E-state index in [-0.39, 0.29) is 0 Å². The minimum atomic E-state index is -3.34. The number of nitriles is 1. The van der Waals surface area contributed by atoms with Crippen molar-refractivity contribution in [1.29, 1.82) is 5.26 Å². The highest BCUT2D eigenvalue weighted by atomic mass is 19.3. The zero-order valence-electron chi connectivity index (χ0n) is 9.99. The summed E-state index contributed by atoms with van der Waals surface area (Å²) in [4.78, 5) is 7.76. The molecule has 96 valence electrons. The first-order valence-electron chi connectivity index (χ1n) is 5.58. The van der Waals surface area contributed by atoms with Gasteiger partial charge in [0.2, 0.25) is 0 Å². The zero-order valence-corrected chi connectivity index (χ0v) is 9.99. The van der Waals surface area contributed by atoms with Gasteiger partial charge in [-0.3, -0.25) is 0 Å². The van der Waals surface area contributed by atoms with Crippen molar-refractivity contribution >= 4 is 0 Å². The van der Waals surface area contributed by atoms with Gasteiger partial charge in [0.05, 0.1) is 17.9 Å². The number of hydrogen-bond donors (Lipinski definition) is 0. The smallest absolute Gasteiger partial charge is 0.241 e. The van der Waals surface area contributed by atoms with Gasteiger partial charge in [-0.15, -0.1) is 0 Å². The number of aryl methyl sites for hydroxylation is 1. The summed E-state index contributed by atoms with van der Waals surface area (Å²) in [5.74, 6) is -5.12. The normalized spacial score (nSPS) is 30.6. The minimum absolute atomic E-state index is 0.370. The Morgan fingerprint density at radius 2 is 1.89 bits per heavy atom. The number of rotatable bonds is 3. The first kappa shape index (κ1) is 12.8. The number of halogens is 3. The lowest BCUT2D eigenvalue weighted by atomic mass is 9.95. The van der Waals surface area contributed by atoms with Gasteiger partial charge < -0.3 is 0 Å². The Morgan fingerprint density at radius 3 is 2.28 bits per heavy atom. The molecule has 3 nitrogen and oxygen atoms in total. The Kier molecular flexibility index (Phi) is 2.80. The van der Waals surface area contributed by atoms with Crippen LogP contribution < -0.4 is 0 Å². The van der Waals surface area contributed by atoms with Crippen LogP contribution in [0, 0.1) is 24.2 Å². The third-order valence-corrected chi connectivity index (χ3v) is 3.56. The third kappa shape index (κ3) is 1.74. The number of nitrogens with zero attached hydrogens (tertiary/aromatic N) is 3. The van der Waals surface area contributed by atoms with E-state index in [1.807, 2.05) is 6.07 Å². The van der Waals surface area contributed by atoms with Gasteiger partial charge in [0.15, 0.2) is 5.67 Å². The summed E-state index contributed by atoms with van der Waals surface area (Å²) < 4.78 is 40.2. The lowest BCUT2D eigenvalue weighted by molar-refractivity contribution is 0.0358. The number of alkyl halides is 3. The molecule has 0 radical (unpaired) electrons. The molecule has 1 aliphatic carbocycles. The van der Waals surface area contributed by atoms with Gasteiger partial charge in [-0.25, -0.2) is 23.1 Å². The van der Waals surface area contributed by atoms with Crippen molar-refractivity contribution in [1.82, 2.24) is 9.97 Å². The van der Waals surface area contributed by atoms with Crippen molar-refractivity contribution in [2.45, 2.75) is 37.8 Å². The molecule has 0 aromatic carbocycles. The molecule has 3 atom stereocenters. The van der Waals surface area contributed by atoms with E-state index < -0.39 is 29.8 Å². The van der Waals surface area contributed by atoms with Crippen molar-refractivity contribution in [3.05, 3.63) is 23.8 Å². The number of hydrogen-bond acceptors (Lipinski definition) is 3. The molecule has 0 amide bonds. The summed E-state index contributed by atoms with van der Waals surface area (Å²) in [5, 5.41) is 8.98. The zero-order chi connectivity index (χ0) is 13.6. The standard InChI is InChI=1S/C12H12F3N3/c1-7-11(13,12(7,14)15)3-9(4-16)10-5-17-8(2)18-6-10/h5-7,9H,3H2,1-2H3. The van der Waals surface area contributed by atoms with Crippen molar-refractivity contribution in [2.24, 2.45) is 5.92 Å². The highest BCUT2D eigenvalue weighted by Crippen LogP contribution is 2.64. The van der Waals surface area contributed by atoms with E-state index in [2.05, 4.69) is 9.97 Å². The molecule has 1 aliphatic rings. The molecule has 1 fully saturated rings. The van der Waals surface area contributed by atoms with E-state index in [9.17, 15) is 13.2 Å². The predicted octanol–water partition coefficient (Wildman–Crippen LogP) is 2.78. The van der Waals surface area contributed by atoms with E-state index in [1.54, 1.807) is 6.92 Å². The second kappa shape index (κ2) is 3.94. The summed E-state index contributed by atoms with van der Waals surface area (Å²) in [5.41, 5.74) is -2.21. The van der Waals surface area contributed by atoms with Crippen LogP contribution in [0.2, 0.25) is 0 Å². The van der Waals surface area contributed by atoms with Gasteiger partial charge in [0.1, 0.15) is 5.82 Å². The Hall–Kier alpha value is -1.64. The van der Waals surface area contributed by atoms with E-state index in [4.69, 9.17) is 5.26 Å². The summed E-state index contributed by atoms with van der Waals surface area (Å²) >= 11 is 0. The van der Waals surface area contributed by atoms with E-state index in [1.165, 1.54) is 12.4 Å². The summed E-state index contributed by atoms with van der Waals surface area (Å²) in [6, 6.07) is 1.84. The first-order valence-corrected chi connectivity index (χ1v) is 5.58. The Bertz CT molecular complexity index is 494. The second-order valence-electron chi connectivity index (χ2n) is 4.66. The van der Waals surface area contributed by atoms with E-state index in [0.717, 1.165) is 6.92 Å². The molecule has 6 heteroatoms. The SMILES string of the molecule is Cc1ncc(C(C#N)CC2(F)C(C)C2(F)F)cn1. The van der Waals surface area contributed by atoms with Crippen LogP contribution in [-0.4, -0.2) is 21.6 Å². The molecule has 1 heterocycles. The monoisotopic (exact) mass is 255 g/mol. The molecule has 0 N–H and O–H groups in total. The summed E-state index contributed by atoms with van der Waals surface area (Å²) in [7, 11) is 0. The van der Waals surface area contributed by atoms with Crippen molar-refractivity contribution in [3.63, 3.8) is 0 Å². The molecule has 1 saturated carbocycles. The average Bonchev–Trinajstić information content (AvgIpc) is 2.72. The maximum atomic E-state index is 13.9. The Labute approximate surface area is 103 Å². The van der Waals surface area contributed by atoms with Gasteiger partial charge in [0, 0.05) is 24.4 Å². The maximum absolute atomic E-state index is 13.9. The third-order valence-electron chi connectivity index (χ3n) is 3.56. The summed E-state index contributed by atoms with van der Waals surface area (Å²) in [6.45, 7) is 2.82. The minimum Gasteiger partial charge on any atom is -0.241 e. The highest BCUT2D eigenvalue weighted by molar-refractivity contribution is 5.27. The van der Waals surface area contributed by atoms with Gasteiger partial charge in [-0.1, -0.05) is 6.92 Å². The van der Waals surface area contributed by atoms with E-state index in [0.29, 0.717) is 11.4 Å². The quantitative estimate of drug-likeness (QED) is 0.834. The van der Waals surface area contributed by atoms with Crippen LogP contribution in [0.15, 0.2) is 12.4 Å². The lowest BCUT2D eigenvalue weighted by Gasteiger charge is -2.12. The fourth-order valence-electron chi connectivity index (χ4n) is 2.03. The molecule has 1 aromatic heterocycles. The Morgan fingerprint density at radius 1 is 1.39 bits per heavy atom. The van der Waals surface area contributed by atoms with Crippen molar-refractivity contribution in [3.8, 4) is 6.07 Å². The molecule has 0 bridgehead atoms. The van der Waals surface area contributed by atoms with Crippen LogP contribution in [0.1, 0.15) is 30.7 Å². The van der Waals surface area contributed by atoms with Gasteiger partial charge >= 0.3 is 0 Å². The topological polar surface area (TPSA) is 49.6 Å². The van der Waals surface area contributed by atoms with Crippen LogP contribution in [0.5, 0.6) is 0 Å². The molecule has 0 spiro atoms. The fourth-order valence-corrected chi connectivity index (χ4v) is 2.03. The van der Waals surface area contributed by atoms with Gasteiger partial charge in [-0.05, 0) is 6.92 Å². The Balaban J connectivity index is 2.18. The van der Waals surface area contributed by atoms with Crippen LogP contribution in [0.25, 0.3) is 0 Å². The van der Waals surface area contributed by atoms with Crippen molar-refractivity contribution in [2.75, 3.05) is 0 Å². The van der Waals surface area contributed by atoms with Crippen LogP contribution in [0.4, 0.5) is 13.2 Å². The average molecular weight is 255 g/mol. The lowest BCUT2D eigenvalue weighted by Crippen LogP contribution is -2.16. The van der Waals surface area contributed by atoms with Crippen LogP contribution >= 0.6 is 0 Å². The molecule has 2 rings (SSSR count). The largest absolute Gasteiger partial charge is 0.287 e. The summed E-state index contributed by atoms with van der Waals surface area (Å²) in [6.07, 6.45) is 2.24. The number of aromatic nitrogens is 2. The van der Waals surface area contributed by atoms with Crippen LogP contribution in [-0.2, 0) is 0 Å². The maximum Gasteiger partial charge on any atom is 0.287 e.